The number of rotatable bonds is 6. The molecule has 0 aliphatic rings. The zero-order chi connectivity index (χ0) is 38.9. The fourth-order valence-electron chi connectivity index (χ4n) is 8.32. The molecule has 11 nitrogen and oxygen atoms in total. The summed E-state index contributed by atoms with van der Waals surface area (Å²) in [6.07, 6.45) is 11.0. The average molecular weight is 760 g/mol. The van der Waals surface area contributed by atoms with Gasteiger partial charge in [-0.05, 0) is 47.2 Å². The van der Waals surface area contributed by atoms with E-state index < -0.39 is 0 Å². The molecule has 0 aliphatic heterocycles. The summed E-state index contributed by atoms with van der Waals surface area (Å²) in [6, 6.07) is 40.6. The minimum absolute atomic E-state index is 0.396. The Hall–Kier alpha value is -8.44. The molecule has 0 aliphatic carbocycles. The van der Waals surface area contributed by atoms with E-state index in [2.05, 4.69) is 57.5 Å². The number of benzene rings is 5. The zero-order valence-corrected chi connectivity index (χ0v) is 31.1. The lowest BCUT2D eigenvalue weighted by atomic mass is 9.84. The number of hydrogen-bond donors (Lipinski definition) is 3. The van der Waals surface area contributed by atoms with Gasteiger partial charge in [0.05, 0.1) is 51.0 Å². The molecule has 0 atom stereocenters. The maximum absolute atomic E-state index is 5.56. The molecule has 0 saturated heterocycles. The molecule has 0 spiro atoms. The molecule has 12 aromatic rings. The van der Waals surface area contributed by atoms with E-state index in [-0.39, 0.29) is 0 Å². The second-order valence-corrected chi connectivity index (χ2v) is 14.3. The molecule has 0 unspecified atom stereocenters. The third kappa shape index (κ3) is 5.22. The lowest BCUT2D eigenvalue weighted by Crippen LogP contribution is -2.06. The van der Waals surface area contributed by atoms with Crippen LogP contribution in [0.2, 0.25) is 0 Å². The number of fused-ring (bicyclic) bond motifs is 5. The SMILES string of the molecule is c1ccc2nc(-c3c(-c4cc[nH]n4)c(-c4ncc[nH]4)c(-c4[nH]cc5ccccc45)c4nc(-c5cnc6ccccc6n5)nc(-c5nccc6ccccc56)c34)ccc2c1. The number of pyridine rings is 2. The van der Waals surface area contributed by atoms with Gasteiger partial charge in [0.25, 0.3) is 0 Å². The highest BCUT2D eigenvalue weighted by Crippen LogP contribution is 2.52. The summed E-state index contributed by atoms with van der Waals surface area (Å²) >= 11 is 0. The Morgan fingerprint density at radius 3 is 2.07 bits per heavy atom. The van der Waals surface area contributed by atoms with Gasteiger partial charge in [0, 0.05) is 74.8 Å². The van der Waals surface area contributed by atoms with Crippen LogP contribution in [0.4, 0.5) is 0 Å². The molecule has 7 heterocycles. The number of aromatic nitrogens is 11. The number of aromatic amines is 3. The van der Waals surface area contributed by atoms with Crippen LogP contribution in [0.15, 0.2) is 159 Å². The van der Waals surface area contributed by atoms with Gasteiger partial charge in [-0.25, -0.2) is 24.9 Å². The van der Waals surface area contributed by atoms with Crippen LogP contribution in [0.3, 0.4) is 0 Å². The minimum Gasteiger partial charge on any atom is -0.360 e. The Kier molecular flexibility index (Phi) is 7.26. The van der Waals surface area contributed by atoms with Crippen molar-refractivity contribution in [3.63, 3.8) is 0 Å². The molecule has 11 heteroatoms. The van der Waals surface area contributed by atoms with Gasteiger partial charge in [-0.15, -0.1) is 0 Å². The molecule has 0 bridgehead atoms. The molecule has 3 N–H and O–H groups in total. The van der Waals surface area contributed by atoms with Crippen molar-refractivity contribution in [1.29, 1.82) is 0 Å². The summed E-state index contributed by atoms with van der Waals surface area (Å²) in [5.41, 5.74) is 10.3. The van der Waals surface area contributed by atoms with Crippen LogP contribution in [0.25, 0.3) is 122 Å². The molecule has 0 saturated carbocycles. The van der Waals surface area contributed by atoms with E-state index in [0.29, 0.717) is 45.6 Å². The molecule has 276 valence electrons. The normalized spacial score (nSPS) is 11.7. The highest BCUT2D eigenvalue weighted by atomic mass is 15.1. The standard InChI is InChI=1S/C48H29N11/c1-4-12-30-27(9-1)19-21-49-44(30)46-41-38(35-18-17-28-10-3-6-14-32(28)55-35)39(36-20-22-54-59-36)40(48-50-23-24-51-48)42(43-31-13-5-2-11-29(31)25-53-43)45(41)57-47(58-46)37-26-52-33-15-7-8-16-34(33)56-37/h1-26,53H,(H,50,51)(H,54,59). The number of H-pyrrole nitrogens is 3. The monoisotopic (exact) mass is 759 g/mol. The first-order valence-electron chi connectivity index (χ1n) is 19.2. The van der Waals surface area contributed by atoms with Crippen molar-refractivity contribution in [2.75, 3.05) is 0 Å². The number of nitrogens with one attached hydrogen (secondary N) is 3. The van der Waals surface area contributed by atoms with Crippen LogP contribution >= 0.6 is 0 Å². The van der Waals surface area contributed by atoms with Gasteiger partial charge in [-0.1, -0.05) is 84.9 Å². The molecule has 5 aromatic carbocycles. The third-order valence-corrected chi connectivity index (χ3v) is 10.9. The zero-order valence-electron chi connectivity index (χ0n) is 31.1. The minimum atomic E-state index is 0.396. The Morgan fingerprint density at radius 1 is 0.441 bits per heavy atom. The Balaban J connectivity index is 1.36. The summed E-state index contributed by atoms with van der Waals surface area (Å²) in [5, 5.41) is 13.7. The van der Waals surface area contributed by atoms with Crippen LogP contribution < -0.4 is 0 Å². The van der Waals surface area contributed by atoms with Crippen LogP contribution in [-0.4, -0.2) is 55.1 Å². The Bertz CT molecular complexity index is 3570. The van der Waals surface area contributed by atoms with Crippen molar-refractivity contribution in [2.45, 2.75) is 0 Å². The summed E-state index contributed by atoms with van der Waals surface area (Å²) in [5.74, 6) is 1.03. The Labute approximate surface area is 335 Å². The highest BCUT2D eigenvalue weighted by Gasteiger charge is 2.32. The quantitative estimate of drug-likeness (QED) is 0.152. The van der Waals surface area contributed by atoms with Crippen molar-refractivity contribution in [1.82, 2.24) is 55.1 Å². The van der Waals surface area contributed by atoms with Crippen LogP contribution in [0.5, 0.6) is 0 Å². The van der Waals surface area contributed by atoms with Crippen molar-refractivity contribution < 1.29 is 0 Å². The van der Waals surface area contributed by atoms with Crippen molar-refractivity contribution >= 4 is 54.4 Å². The van der Waals surface area contributed by atoms with E-state index in [0.717, 1.165) is 76.8 Å². The van der Waals surface area contributed by atoms with E-state index in [4.69, 9.17) is 40.0 Å². The molecular formula is C48H29N11. The number of nitrogens with zero attached hydrogens (tertiary/aromatic N) is 8. The van der Waals surface area contributed by atoms with E-state index in [1.165, 1.54) is 0 Å². The van der Waals surface area contributed by atoms with E-state index in [9.17, 15) is 0 Å². The predicted molar refractivity (Wildman–Crippen MR) is 232 cm³/mol. The first-order chi connectivity index (χ1) is 29.3. The lowest BCUT2D eigenvalue weighted by Gasteiger charge is -2.22. The van der Waals surface area contributed by atoms with Gasteiger partial charge in [0.2, 0.25) is 0 Å². The number of hydrogen-bond acceptors (Lipinski definition) is 8. The number of imidazole rings is 1. The third-order valence-electron chi connectivity index (χ3n) is 10.9. The van der Waals surface area contributed by atoms with Crippen molar-refractivity contribution in [3.8, 4) is 68.1 Å². The topological polar surface area (TPSA) is 150 Å². The van der Waals surface area contributed by atoms with Gasteiger partial charge in [0.15, 0.2) is 5.82 Å². The second kappa shape index (κ2) is 13.1. The second-order valence-electron chi connectivity index (χ2n) is 14.3. The molecule has 59 heavy (non-hydrogen) atoms. The van der Waals surface area contributed by atoms with Crippen molar-refractivity contribution in [3.05, 3.63) is 159 Å². The van der Waals surface area contributed by atoms with Gasteiger partial charge < -0.3 is 9.97 Å². The largest absolute Gasteiger partial charge is 0.360 e. The van der Waals surface area contributed by atoms with Crippen LogP contribution in [-0.2, 0) is 0 Å². The average Bonchev–Trinajstić information content (AvgIpc) is 4.11. The lowest BCUT2D eigenvalue weighted by molar-refractivity contribution is 1.09. The highest BCUT2D eigenvalue weighted by molar-refractivity contribution is 6.22. The summed E-state index contributed by atoms with van der Waals surface area (Å²) in [7, 11) is 0. The fourth-order valence-corrected chi connectivity index (χ4v) is 8.32. The molecule has 7 aromatic heterocycles. The molecule has 0 radical (unpaired) electrons. The smallest absolute Gasteiger partial charge is 0.181 e. The maximum Gasteiger partial charge on any atom is 0.181 e. The van der Waals surface area contributed by atoms with Crippen LogP contribution in [0.1, 0.15) is 0 Å². The van der Waals surface area contributed by atoms with Crippen LogP contribution in [0, 0.1) is 0 Å². The van der Waals surface area contributed by atoms with Crippen molar-refractivity contribution in [2.24, 2.45) is 0 Å². The molecular weight excluding hydrogens is 731 g/mol. The predicted octanol–water partition coefficient (Wildman–Crippen LogP) is 10.6. The van der Waals surface area contributed by atoms with Gasteiger partial charge in [-0.3, -0.25) is 15.1 Å². The summed E-state index contributed by atoms with van der Waals surface area (Å²) in [6.45, 7) is 0. The maximum atomic E-state index is 5.56. The molecule has 12 rings (SSSR count). The molecule has 0 amide bonds. The summed E-state index contributed by atoms with van der Waals surface area (Å²) < 4.78 is 0. The van der Waals surface area contributed by atoms with E-state index in [1.807, 2.05) is 104 Å². The Morgan fingerprint density at radius 2 is 1.22 bits per heavy atom. The van der Waals surface area contributed by atoms with E-state index >= 15 is 0 Å². The van der Waals surface area contributed by atoms with E-state index in [1.54, 1.807) is 12.4 Å². The molecule has 0 fully saturated rings. The van der Waals surface area contributed by atoms with Gasteiger partial charge in [0.1, 0.15) is 17.2 Å². The number of para-hydroxylation sites is 3. The fraction of sp³-hybridized carbons (Fsp3) is 0. The van der Waals surface area contributed by atoms with Gasteiger partial charge >= 0.3 is 0 Å². The van der Waals surface area contributed by atoms with Gasteiger partial charge in [-0.2, -0.15) is 5.10 Å². The summed E-state index contributed by atoms with van der Waals surface area (Å²) in [4.78, 5) is 43.4. The first-order valence-corrected chi connectivity index (χ1v) is 19.2. The first kappa shape index (κ1) is 32.8.